The molecule has 7 nitrogen and oxygen atoms in total. The summed E-state index contributed by atoms with van der Waals surface area (Å²) in [7, 11) is 0. The third-order valence-corrected chi connectivity index (χ3v) is 10.2. The molecule has 0 spiro atoms. The van der Waals surface area contributed by atoms with Gasteiger partial charge in [-0.25, -0.2) is 0 Å². The number of rotatable bonds is 9. The molecule has 3 aliphatic rings. The highest BCUT2D eigenvalue weighted by molar-refractivity contribution is 5.76. The smallest absolute Gasteiger partial charge is 0.449 e. The zero-order valence-corrected chi connectivity index (χ0v) is 27.6. The lowest BCUT2D eigenvalue weighted by Crippen LogP contribution is -2.63. The maximum Gasteiger partial charge on any atom is 0.449 e. The largest absolute Gasteiger partial charge is 0.462 e. The van der Waals surface area contributed by atoms with Crippen LogP contribution in [0.1, 0.15) is 93.4 Å². The molecule has 1 saturated heterocycles. The average Bonchev–Trinajstić information content (AvgIpc) is 3.62. The lowest BCUT2D eigenvalue weighted by Gasteiger charge is -2.39. The van der Waals surface area contributed by atoms with Crippen LogP contribution in [0.25, 0.3) is 0 Å². The van der Waals surface area contributed by atoms with E-state index in [0.29, 0.717) is 32.6 Å². The number of fused-ring (bicyclic) bond motifs is 2. The Morgan fingerprint density at radius 2 is 1.33 bits per heavy atom. The molecule has 3 fully saturated rings. The molecule has 6 atom stereocenters. The summed E-state index contributed by atoms with van der Waals surface area (Å²) in [6.45, 7) is 8.45. The van der Waals surface area contributed by atoms with Crippen molar-refractivity contribution in [3.05, 3.63) is 0 Å². The van der Waals surface area contributed by atoms with Gasteiger partial charge in [-0.1, -0.05) is 20.3 Å². The highest BCUT2D eigenvalue weighted by Gasteiger charge is 2.83. The molecule has 2 bridgehead atoms. The average molecular weight is 725 g/mol. The molecule has 0 aromatic carbocycles. The molecule has 3 rings (SSSR count). The predicted molar refractivity (Wildman–Crippen MR) is 145 cm³/mol. The van der Waals surface area contributed by atoms with E-state index >= 15 is 0 Å². The Hall–Kier alpha value is -1.95. The number of aliphatic hydroxyl groups is 2. The van der Waals surface area contributed by atoms with Crippen LogP contribution in [0.4, 0.5) is 48.3 Å². The van der Waals surface area contributed by atoms with Crippen LogP contribution in [0, 0.1) is 28.6 Å². The van der Waals surface area contributed by atoms with E-state index < -0.39 is 89.3 Å². The topological polar surface area (TPSA) is 102 Å². The van der Waals surface area contributed by atoms with E-state index in [-0.39, 0.29) is 18.3 Å². The third kappa shape index (κ3) is 7.69. The van der Waals surface area contributed by atoms with Crippen LogP contribution in [0.2, 0.25) is 0 Å². The molecule has 2 saturated carbocycles. The van der Waals surface area contributed by atoms with Crippen LogP contribution in [-0.4, -0.2) is 76.3 Å². The zero-order chi connectivity index (χ0) is 37.7. The van der Waals surface area contributed by atoms with Crippen LogP contribution in [0.15, 0.2) is 0 Å². The number of carbonyl (C=O) groups is 2. The van der Waals surface area contributed by atoms with Crippen LogP contribution in [0.3, 0.4) is 0 Å². The van der Waals surface area contributed by atoms with Crippen molar-refractivity contribution in [3.8, 4) is 0 Å². The van der Waals surface area contributed by atoms with E-state index in [1.807, 2.05) is 0 Å². The lowest BCUT2D eigenvalue weighted by molar-refractivity contribution is -0.409. The van der Waals surface area contributed by atoms with Crippen LogP contribution in [-0.2, 0) is 23.8 Å². The van der Waals surface area contributed by atoms with Gasteiger partial charge in [0.15, 0.2) is 0 Å². The Morgan fingerprint density at radius 1 is 0.854 bits per heavy atom. The molecule has 1 aliphatic heterocycles. The summed E-state index contributed by atoms with van der Waals surface area (Å²) < 4.78 is 159. The maximum absolute atomic E-state index is 14.0. The highest BCUT2D eigenvalue weighted by Crippen LogP contribution is 2.56. The quantitative estimate of drug-likeness (QED) is 0.186. The first-order valence-corrected chi connectivity index (χ1v) is 15.4. The van der Waals surface area contributed by atoms with E-state index in [4.69, 9.17) is 4.74 Å². The molecule has 0 radical (unpaired) electrons. The molecule has 2 aliphatic carbocycles. The van der Waals surface area contributed by atoms with Gasteiger partial charge in [0.1, 0.15) is 6.10 Å². The molecule has 282 valence electrons. The van der Waals surface area contributed by atoms with Crippen molar-refractivity contribution in [1.82, 2.24) is 0 Å². The number of esters is 2. The lowest BCUT2D eigenvalue weighted by atomic mass is 9.79. The van der Waals surface area contributed by atoms with Crippen LogP contribution in [0.5, 0.6) is 0 Å². The maximum atomic E-state index is 14.0. The molecule has 0 amide bonds. The minimum Gasteiger partial charge on any atom is -0.462 e. The Kier molecular flexibility index (Phi) is 11.7. The third-order valence-electron chi connectivity index (χ3n) is 10.2. The summed E-state index contributed by atoms with van der Waals surface area (Å²) in [4.78, 5) is 24.2. The summed E-state index contributed by atoms with van der Waals surface area (Å²) in [5, 5.41) is 18.8. The van der Waals surface area contributed by atoms with Gasteiger partial charge in [-0.05, 0) is 84.5 Å². The van der Waals surface area contributed by atoms with E-state index in [0.717, 1.165) is 6.42 Å². The van der Waals surface area contributed by atoms with Gasteiger partial charge in [0.2, 0.25) is 5.60 Å². The van der Waals surface area contributed by atoms with Crippen molar-refractivity contribution >= 4 is 11.9 Å². The summed E-state index contributed by atoms with van der Waals surface area (Å²) in [5.41, 5.74) is -10.0. The molecular formula is C30H43F11O7. The molecule has 2 N–H and O–H groups in total. The van der Waals surface area contributed by atoms with Gasteiger partial charge in [-0.3, -0.25) is 9.59 Å². The van der Waals surface area contributed by atoms with E-state index in [1.54, 1.807) is 13.8 Å². The van der Waals surface area contributed by atoms with E-state index in [2.05, 4.69) is 9.47 Å². The minimum atomic E-state index is -5.92. The van der Waals surface area contributed by atoms with Crippen molar-refractivity contribution < 1.29 is 82.3 Å². The second kappa shape index (κ2) is 13.3. The second-order valence-electron chi connectivity index (χ2n) is 14.4. The summed E-state index contributed by atoms with van der Waals surface area (Å²) >= 11 is 0. The molecule has 1 heterocycles. The van der Waals surface area contributed by atoms with Crippen LogP contribution >= 0.6 is 0 Å². The SMILES string of the molecule is CCC(C)(C)C(=O)OC(CC(O)(C(F)(F)F)C(F)(F)F)C1CC2CCC1C2.CCC(C)(C)C(=O)OC1(C)COC(O)(C(F)(F)F)C1(F)F. The zero-order valence-electron chi connectivity index (χ0n) is 27.6. The molecule has 48 heavy (non-hydrogen) atoms. The first-order chi connectivity index (χ1) is 21.3. The van der Waals surface area contributed by atoms with Crippen molar-refractivity contribution in [2.45, 2.75) is 141 Å². The fraction of sp³-hybridized carbons (Fsp3) is 0.933. The predicted octanol–water partition coefficient (Wildman–Crippen LogP) is 7.66. The molecular weight excluding hydrogens is 681 g/mol. The number of hydrogen-bond acceptors (Lipinski definition) is 7. The van der Waals surface area contributed by atoms with Crippen molar-refractivity contribution in [2.75, 3.05) is 6.61 Å². The Balaban J connectivity index is 0.000000345. The van der Waals surface area contributed by atoms with Gasteiger partial charge in [0.05, 0.1) is 17.4 Å². The van der Waals surface area contributed by atoms with Gasteiger partial charge in [-0.15, -0.1) is 0 Å². The van der Waals surface area contributed by atoms with Crippen molar-refractivity contribution in [2.24, 2.45) is 28.6 Å². The number of carbonyl (C=O) groups excluding carboxylic acids is 2. The molecule has 6 unspecified atom stereocenters. The standard InChI is InChI=1S/C18H26F6O3.C12H17F5O4/c1-4-15(2,3)14(25)27-13(12-8-10-5-6-11(12)7-10)9-16(26,17(19,20)21)18(22,23)24;1-5-8(2,3)7(18)21-9(4)6-20-11(19,10(9,13)14)12(15,16)17/h10-13,26H,4-9H2,1-3H3;19H,5-6H2,1-4H3. The van der Waals surface area contributed by atoms with E-state index in [1.165, 1.54) is 27.7 Å². The summed E-state index contributed by atoms with van der Waals surface area (Å²) in [6.07, 6.45) is -17.7. The number of ether oxygens (including phenoxy) is 3. The first-order valence-electron chi connectivity index (χ1n) is 15.4. The minimum absolute atomic E-state index is 0.0803. The number of halogens is 11. The summed E-state index contributed by atoms with van der Waals surface area (Å²) in [5.74, 6) is -11.9. The Bertz CT molecular complexity index is 1150. The van der Waals surface area contributed by atoms with Gasteiger partial charge in [0, 0.05) is 6.42 Å². The molecule has 18 heteroatoms. The number of alkyl halides is 11. The fourth-order valence-corrected chi connectivity index (χ4v) is 5.78. The monoisotopic (exact) mass is 724 g/mol. The van der Waals surface area contributed by atoms with Crippen LogP contribution < -0.4 is 0 Å². The number of hydrogen-bond donors (Lipinski definition) is 2. The Labute approximate surface area is 270 Å². The van der Waals surface area contributed by atoms with Gasteiger partial charge < -0.3 is 24.4 Å². The first kappa shape index (κ1) is 42.2. The second-order valence-corrected chi connectivity index (χ2v) is 14.4. The molecule has 0 aromatic heterocycles. The molecule has 0 aromatic rings. The van der Waals surface area contributed by atoms with E-state index in [9.17, 15) is 68.1 Å². The van der Waals surface area contributed by atoms with Crippen molar-refractivity contribution in [3.63, 3.8) is 0 Å². The fourth-order valence-electron chi connectivity index (χ4n) is 5.78. The van der Waals surface area contributed by atoms with Crippen molar-refractivity contribution in [1.29, 1.82) is 0 Å². The van der Waals surface area contributed by atoms with Gasteiger partial charge in [-0.2, -0.15) is 48.3 Å². The Morgan fingerprint density at radius 3 is 1.69 bits per heavy atom. The summed E-state index contributed by atoms with van der Waals surface area (Å²) in [6, 6.07) is 0. The highest BCUT2D eigenvalue weighted by atomic mass is 19.4. The van der Waals surface area contributed by atoms with Gasteiger partial charge in [0.25, 0.3) is 5.60 Å². The normalized spacial score (nSPS) is 30.0. The van der Waals surface area contributed by atoms with Gasteiger partial charge >= 0.3 is 42.2 Å².